The van der Waals surface area contributed by atoms with Gasteiger partial charge in [0.15, 0.2) is 0 Å². The number of carboxylic acids is 1. The lowest BCUT2D eigenvalue weighted by molar-refractivity contribution is -0.149. The van der Waals surface area contributed by atoms with Crippen LogP contribution in [0.25, 0.3) is 0 Å². The molecule has 0 aliphatic carbocycles. The summed E-state index contributed by atoms with van der Waals surface area (Å²) >= 11 is 0. The van der Waals surface area contributed by atoms with Gasteiger partial charge >= 0.3 is 5.97 Å². The van der Waals surface area contributed by atoms with E-state index in [-0.39, 0.29) is 38.1 Å². The van der Waals surface area contributed by atoms with Crippen LogP contribution in [0.2, 0.25) is 0 Å². The zero-order chi connectivity index (χ0) is 40.9. The van der Waals surface area contributed by atoms with Gasteiger partial charge in [-0.15, -0.1) is 0 Å². The van der Waals surface area contributed by atoms with Crippen molar-refractivity contribution in [3.05, 3.63) is 126 Å². The van der Waals surface area contributed by atoms with Gasteiger partial charge in [-0.3, -0.25) is 24.0 Å². The third kappa shape index (κ3) is 11.4. The summed E-state index contributed by atoms with van der Waals surface area (Å²) in [7, 11) is 0. The summed E-state index contributed by atoms with van der Waals surface area (Å²) in [6.45, 7) is 0.925. The molecule has 15 heteroatoms. The zero-order valence-corrected chi connectivity index (χ0v) is 32.1. The average Bonchev–Trinajstić information content (AvgIpc) is 4.05. The van der Waals surface area contributed by atoms with Gasteiger partial charge in [0.2, 0.25) is 29.5 Å². The predicted molar refractivity (Wildman–Crippen MR) is 214 cm³/mol. The van der Waals surface area contributed by atoms with Crippen LogP contribution in [0.1, 0.15) is 48.1 Å². The fourth-order valence-electron chi connectivity index (χ4n) is 7.47. The number of aliphatic carboxylic acids is 1. The second kappa shape index (κ2) is 20.2. The van der Waals surface area contributed by atoms with Crippen LogP contribution in [0, 0.1) is 0 Å². The Labute approximate surface area is 336 Å². The minimum absolute atomic E-state index is 0.0460. The SMILES string of the molecule is O=C(N[C@@H](Cc1c[nH]cn1)C(=O)N[C@@H](Cc1ccccc1)C(=O)N[C@@H](Cc1ccccc1)C(=O)N[C@@H](Cc1ccccc1)C(=O)N1CCC[C@H]1C(=O)O)[C@@H]1CCCN1. The maximum atomic E-state index is 14.4. The molecular weight excluding hydrogens is 741 g/mol. The molecule has 4 aromatic rings. The third-order valence-electron chi connectivity index (χ3n) is 10.5. The Bertz CT molecular complexity index is 1990. The Kier molecular flexibility index (Phi) is 14.4. The number of rotatable bonds is 18. The number of nitrogens with one attached hydrogen (secondary N) is 6. The molecule has 0 unspecified atom stereocenters. The van der Waals surface area contributed by atoms with Gasteiger partial charge in [-0.1, -0.05) is 91.0 Å². The third-order valence-corrected chi connectivity index (χ3v) is 10.5. The van der Waals surface area contributed by atoms with Crippen molar-refractivity contribution in [2.24, 2.45) is 0 Å². The molecule has 3 heterocycles. The molecule has 3 aromatic carbocycles. The summed E-state index contributed by atoms with van der Waals surface area (Å²) in [5.74, 6) is -3.90. The average molecular weight is 791 g/mol. The number of nitrogens with zero attached hydrogens (tertiary/aromatic N) is 2. The minimum Gasteiger partial charge on any atom is -0.480 e. The summed E-state index contributed by atoms with van der Waals surface area (Å²) in [5, 5.41) is 24.4. The molecule has 2 saturated heterocycles. The molecule has 2 aliphatic heterocycles. The molecule has 0 spiro atoms. The number of hydrogen-bond acceptors (Lipinski definition) is 8. The topological polar surface area (TPSA) is 215 Å². The first-order chi connectivity index (χ1) is 28.1. The van der Waals surface area contributed by atoms with E-state index in [0.717, 1.165) is 23.1 Å². The van der Waals surface area contributed by atoms with Gasteiger partial charge in [0, 0.05) is 38.4 Å². The molecule has 2 fully saturated rings. The lowest BCUT2D eigenvalue weighted by Gasteiger charge is -2.29. The zero-order valence-electron chi connectivity index (χ0n) is 32.1. The molecule has 6 atom stereocenters. The molecular formula is C43H50N8O7. The van der Waals surface area contributed by atoms with Crippen LogP contribution >= 0.6 is 0 Å². The number of hydrogen-bond donors (Lipinski definition) is 7. The number of likely N-dealkylation sites (tertiary alicyclic amines) is 1. The van der Waals surface area contributed by atoms with Crippen molar-refractivity contribution >= 4 is 35.5 Å². The summed E-state index contributed by atoms with van der Waals surface area (Å²) < 4.78 is 0. The largest absolute Gasteiger partial charge is 0.480 e. The summed E-state index contributed by atoms with van der Waals surface area (Å²) in [6, 6.07) is 21.2. The van der Waals surface area contributed by atoms with Gasteiger partial charge in [0.25, 0.3) is 0 Å². The Morgan fingerprint density at radius 1 is 0.655 bits per heavy atom. The standard InChI is InChI=1S/C43H50N8O7/c52-38(32-18-10-20-45-32)49-35(25-31-26-44-27-46-31)41(55)48-33(22-28-12-4-1-5-13-28)39(53)47-34(23-29-14-6-2-7-15-29)40(54)50-36(24-30-16-8-3-9-17-30)42(56)51-21-11-19-37(51)43(57)58/h1-9,12-17,26-27,32-37,45H,10-11,18-25H2,(H,44,46)(H,47,53)(H,48,55)(H,49,52)(H,50,54)(H,57,58)/t32-,33-,34-,35-,36-,37-/m0/s1. The van der Waals surface area contributed by atoms with E-state index in [1.807, 2.05) is 78.9 Å². The number of aromatic nitrogens is 2. The first-order valence-corrected chi connectivity index (χ1v) is 19.7. The highest BCUT2D eigenvalue weighted by Crippen LogP contribution is 2.20. The summed E-state index contributed by atoms with van der Waals surface area (Å²) in [6.07, 6.45) is 5.63. The summed E-state index contributed by atoms with van der Waals surface area (Å²) in [5.41, 5.74) is 2.75. The van der Waals surface area contributed by atoms with E-state index in [9.17, 15) is 33.9 Å². The minimum atomic E-state index is -1.21. The number of amides is 5. The Balaban J connectivity index is 1.26. The highest BCUT2D eigenvalue weighted by atomic mass is 16.4. The number of carbonyl (C=O) groups excluding carboxylic acids is 5. The molecule has 1 aromatic heterocycles. The molecule has 15 nitrogen and oxygen atoms in total. The van der Waals surface area contributed by atoms with Gasteiger partial charge in [-0.2, -0.15) is 0 Å². The lowest BCUT2D eigenvalue weighted by atomic mass is 10.0. The van der Waals surface area contributed by atoms with Crippen LogP contribution in [0.5, 0.6) is 0 Å². The van der Waals surface area contributed by atoms with E-state index in [1.54, 1.807) is 18.3 Å². The smallest absolute Gasteiger partial charge is 0.326 e. The fraction of sp³-hybridized carbons (Fsp3) is 0.372. The molecule has 2 aliphatic rings. The van der Waals surface area contributed by atoms with E-state index >= 15 is 0 Å². The van der Waals surface area contributed by atoms with Crippen molar-refractivity contribution in [3.8, 4) is 0 Å². The molecule has 0 radical (unpaired) electrons. The van der Waals surface area contributed by atoms with Gasteiger partial charge < -0.3 is 41.6 Å². The van der Waals surface area contributed by atoms with Crippen molar-refractivity contribution < 1.29 is 33.9 Å². The molecule has 0 saturated carbocycles. The first-order valence-electron chi connectivity index (χ1n) is 19.7. The van der Waals surface area contributed by atoms with E-state index in [4.69, 9.17) is 0 Å². The fourth-order valence-corrected chi connectivity index (χ4v) is 7.47. The van der Waals surface area contributed by atoms with Crippen LogP contribution in [0.3, 0.4) is 0 Å². The number of imidazole rings is 1. The van der Waals surface area contributed by atoms with Crippen molar-refractivity contribution in [2.75, 3.05) is 13.1 Å². The second-order valence-corrected chi connectivity index (χ2v) is 14.8. The number of carboxylic acid groups (broad SMARTS) is 1. The lowest BCUT2D eigenvalue weighted by Crippen LogP contribution is -2.60. The molecule has 58 heavy (non-hydrogen) atoms. The Morgan fingerprint density at radius 2 is 1.16 bits per heavy atom. The van der Waals surface area contributed by atoms with Gasteiger partial charge in [0.05, 0.1) is 18.1 Å². The van der Waals surface area contributed by atoms with Crippen LogP contribution in [0.15, 0.2) is 104 Å². The highest BCUT2D eigenvalue weighted by Gasteiger charge is 2.39. The number of benzene rings is 3. The van der Waals surface area contributed by atoms with Crippen molar-refractivity contribution in [1.29, 1.82) is 0 Å². The molecule has 6 rings (SSSR count). The molecule has 5 amide bonds. The summed E-state index contributed by atoms with van der Waals surface area (Å²) in [4.78, 5) is 90.7. The molecule has 7 N–H and O–H groups in total. The van der Waals surface area contributed by atoms with Crippen LogP contribution < -0.4 is 26.6 Å². The molecule has 304 valence electrons. The van der Waals surface area contributed by atoms with Crippen LogP contribution in [0.4, 0.5) is 0 Å². The van der Waals surface area contributed by atoms with E-state index in [0.29, 0.717) is 31.5 Å². The van der Waals surface area contributed by atoms with Crippen LogP contribution in [-0.4, -0.2) is 105 Å². The van der Waals surface area contributed by atoms with Gasteiger partial charge in [-0.05, 0) is 48.9 Å². The van der Waals surface area contributed by atoms with Gasteiger partial charge in [0.1, 0.15) is 30.2 Å². The number of carbonyl (C=O) groups is 6. The second-order valence-electron chi connectivity index (χ2n) is 14.8. The number of aromatic amines is 1. The van der Waals surface area contributed by atoms with E-state index < -0.39 is 65.8 Å². The van der Waals surface area contributed by atoms with E-state index in [1.165, 1.54) is 11.2 Å². The predicted octanol–water partition coefficient (Wildman–Crippen LogP) is 1.45. The Hall–Kier alpha value is -6.35. The number of H-pyrrole nitrogens is 1. The van der Waals surface area contributed by atoms with E-state index in [2.05, 4.69) is 36.6 Å². The van der Waals surface area contributed by atoms with Crippen LogP contribution in [-0.2, 0) is 54.5 Å². The molecule has 0 bridgehead atoms. The normalized spacial score (nSPS) is 18.3. The van der Waals surface area contributed by atoms with Gasteiger partial charge in [-0.25, -0.2) is 9.78 Å². The monoisotopic (exact) mass is 790 g/mol. The quantitative estimate of drug-likeness (QED) is 0.0776. The van der Waals surface area contributed by atoms with Crippen molar-refractivity contribution in [2.45, 2.75) is 87.6 Å². The maximum Gasteiger partial charge on any atom is 0.326 e. The maximum absolute atomic E-state index is 14.4. The van der Waals surface area contributed by atoms with Crippen molar-refractivity contribution in [1.82, 2.24) is 41.5 Å². The van der Waals surface area contributed by atoms with Crippen molar-refractivity contribution in [3.63, 3.8) is 0 Å². The highest BCUT2D eigenvalue weighted by molar-refractivity contribution is 5.97. The Morgan fingerprint density at radius 3 is 1.62 bits per heavy atom. The first kappa shape index (κ1) is 41.3.